The number of hydrogen-bond donors (Lipinski definition) is 2. The van der Waals surface area contributed by atoms with Gasteiger partial charge >= 0.3 is 5.97 Å². The molecule has 4 heteroatoms. The van der Waals surface area contributed by atoms with E-state index in [2.05, 4.69) is 31.3 Å². The van der Waals surface area contributed by atoms with E-state index in [1.807, 2.05) is 30.3 Å². The number of rotatable bonds is 7. The van der Waals surface area contributed by atoms with Crippen molar-refractivity contribution >= 4 is 11.7 Å². The summed E-state index contributed by atoms with van der Waals surface area (Å²) in [4.78, 5) is 10.9. The quantitative estimate of drug-likeness (QED) is 0.608. The van der Waals surface area contributed by atoms with Gasteiger partial charge in [-0.3, -0.25) is 0 Å². The SMILES string of the molecule is Cc1cccc(NCc2ccccc2OCc2ccc(C(=O)O)cc2)c1C. The molecule has 0 amide bonds. The highest BCUT2D eigenvalue weighted by Gasteiger charge is 2.06. The minimum atomic E-state index is -0.926. The third-order valence-electron chi connectivity index (χ3n) is 4.64. The summed E-state index contributed by atoms with van der Waals surface area (Å²) in [7, 11) is 0. The first-order chi connectivity index (χ1) is 13.0. The lowest BCUT2D eigenvalue weighted by Crippen LogP contribution is -2.05. The van der Waals surface area contributed by atoms with Crippen LogP contribution in [0.25, 0.3) is 0 Å². The highest BCUT2D eigenvalue weighted by molar-refractivity contribution is 5.87. The van der Waals surface area contributed by atoms with E-state index < -0.39 is 5.97 Å². The van der Waals surface area contributed by atoms with Crippen molar-refractivity contribution in [2.45, 2.75) is 27.0 Å². The fraction of sp³-hybridized carbons (Fsp3) is 0.174. The van der Waals surface area contributed by atoms with E-state index in [9.17, 15) is 4.79 Å². The Bertz CT molecular complexity index is 933. The summed E-state index contributed by atoms with van der Waals surface area (Å²) >= 11 is 0. The van der Waals surface area contributed by atoms with Crippen LogP contribution >= 0.6 is 0 Å². The predicted molar refractivity (Wildman–Crippen MR) is 107 cm³/mol. The van der Waals surface area contributed by atoms with Gasteiger partial charge in [-0.1, -0.05) is 42.5 Å². The van der Waals surface area contributed by atoms with Crippen molar-refractivity contribution in [3.05, 3.63) is 94.5 Å². The first-order valence-corrected chi connectivity index (χ1v) is 8.87. The van der Waals surface area contributed by atoms with Crippen molar-refractivity contribution in [3.8, 4) is 5.75 Å². The lowest BCUT2D eigenvalue weighted by atomic mass is 10.1. The van der Waals surface area contributed by atoms with Crippen LogP contribution in [0.3, 0.4) is 0 Å². The van der Waals surface area contributed by atoms with Gasteiger partial charge < -0.3 is 15.2 Å². The van der Waals surface area contributed by atoms with E-state index in [0.717, 1.165) is 22.6 Å². The Morgan fingerprint density at radius 2 is 1.70 bits per heavy atom. The van der Waals surface area contributed by atoms with E-state index >= 15 is 0 Å². The zero-order valence-electron chi connectivity index (χ0n) is 15.5. The molecular formula is C23H23NO3. The highest BCUT2D eigenvalue weighted by Crippen LogP contribution is 2.23. The summed E-state index contributed by atoms with van der Waals surface area (Å²) in [5, 5.41) is 12.5. The lowest BCUT2D eigenvalue weighted by molar-refractivity contribution is 0.0697. The van der Waals surface area contributed by atoms with E-state index in [1.54, 1.807) is 24.3 Å². The Kier molecular flexibility index (Phi) is 5.77. The van der Waals surface area contributed by atoms with Crippen LogP contribution in [0.2, 0.25) is 0 Å². The molecule has 0 heterocycles. The zero-order chi connectivity index (χ0) is 19.2. The second-order valence-corrected chi connectivity index (χ2v) is 6.50. The molecule has 0 atom stereocenters. The van der Waals surface area contributed by atoms with E-state index in [-0.39, 0.29) is 5.56 Å². The maximum absolute atomic E-state index is 10.9. The van der Waals surface area contributed by atoms with Crippen molar-refractivity contribution in [3.63, 3.8) is 0 Å². The number of aryl methyl sites for hydroxylation is 1. The van der Waals surface area contributed by atoms with Crippen LogP contribution < -0.4 is 10.1 Å². The Morgan fingerprint density at radius 3 is 2.44 bits per heavy atom. The summed E-state index contributed by atoms with van der Waals surface area (Å²) in [6.07, 6.45) is 0. The van der Waals surface area contributed by atoms with E-state index in [1.165, 1.54) is 11.1 Å². The molecule has 0 saturated heterocycles. The molecule has 0 aliphatic heterocycles. The standard InChI is InChI=1S/C23H23NO3/c1-16-6-5-8-21(17(16)2)24-14-20-7-3-4-9-22(20)27-15-18-10-12-19(13-11-18)23(25)26/h3-13,24H,14-15H2,1-2H3,(H,25,26). The summed E-state index contributed by atoms with van der Waals surface area (Å²) in [6.45, 7) is 5.27. The van der Waals surface area contributed by atoms with Gasteiger partial charge in [0.2, 0.25) is 0 Å². The minimum Gasteiger partial charge on any atom is -0.489 e. The van der Waals surface area contributed by atoms with Gasteiger partial charge in [0.05, 0.1) is 5.56 Å². The van der Waals surface area contributed by atoms with Crippen LogP contribution in [0.4, 0.5) is 5.69 Å². The molecule has 3 aromatic rings. The molecule has 0 saturated carbocycles. The lowest BCUT2D eigenvalue weighted by Gasteiger charge is -2.15. The van der Waals surface area contributed by atoms with Gasteiger partial charge in [0, 0.05) is 17.8 Å². The third kappa shape index (κ3) is 4.67. The van der Waals surface area contributed by atoms with Gasteiger partial charge in [-0.05, 0) is 54.8 Å². The van der Waals surface area contributed by atoms with Crippen molar-refractivity contribution in [1.82, 2.24) is 0 Å². The Morgan fingerprint density at radius 1 is 0.963 bits per heavy atom. The number of anilines is 1. The molecule has 0 fully saturated rings. The third-order valence-corrected chi connectivity index (χ3v) is 4.64. The van der Waals surface area contributed by atoms with E-state index in [0.29, 0.717) is 13.2 Å². The second-order valence-electron chi connectivity index (χ2n) is 6.50. The van der Waals surface area contributed by atoms with Crippen molar-refractivity contribution in [2.24, 2.45) is 0 Å². The summed E-state index contributed by atoms with van der Waals surface area (Å²) in [6, 6.07) is 20.9. The smallest absolute Gasteiger partial charge is 0.335 e. The van der Waals surface area contributed by atoms with Crippen LogP contribution in [-0.2, 0) is 13.2 Å². The number of ether oxygens (including phenoxy) is 1. The number of carboxylic acid groups (broad SMARTS) is 1. The summed E-state index contributed by atoms with van der Waals surface area (Å²) in [5.74, 6) is -0.108. The molecule has 0 radical (unpaired) electrons. The van der Waals surface area contributed by atoms with Crippen LogP contribution in [0.15, 0.2) is 66.7 Å². The first-order valence-electron chi connectivity index (χ1n) is 8.87. The molecule has 3 aromatic carbocycles. The predicted octanol–water partition coefficient (Wildman–Crippen LogP) is 5.19. The number of aromatic carboxylic acids is 1. The number of benzene rings is 3. The van der Waals surface area contributed by atoms with Gasteiger partial charge in [-0.2, -0.15) is 0 Å². The molecule has 0 aromatic heterocycles. The molecule has 2 N–H and O–H groups in total. The molecule has 0 aliphatic rings. The van der Waals surface area contributed by atoms with Crippen LogP contribution in [0, 0.1) is 13.8 Å². The largest absolute Gasteiger partial charge is 0.489 e. The monoisotopic (exact) mass is 361 g/mol. The Labute approximate surface area is 159 Å². The molecular weight excluding hydrogens is 338 g/mol. The molecule has 138 valence electrons. The van der Waals surface area contributed by atoms with Gasteiger partial charge in [-0.25, -0.2) is 4.79 Å². The van der Waals surface area contributed by atoms with Crippen molar-refractivity contribution < 1.29 is 14.6 Å². The average Bonchev–Trinajstić information content (AvgIpc) is 2.68. The average molecular weight is 361 g/mol. The van der Waals surface area contributed by atoms with Gasteiger partial charge in [-0.15, -0.1) is 0 Å². The number of carbonyl (C=O) groups is 1. The van der Waals surface area contributed by atoms with Gasteiger partial charge in [0.1, 0.15) is 12.4 Å². The van der Waals surface area contributed by atoms with Crippen LogP contribution in [0.1, 0.15) is 32.6 Å². The van der Waals surface area contributed by atoms with Crippen LogP contribution in [-0.4, -0.2) is 11.1 Å². The van der Waals surface area contributed by atoms with Gasteiger partial charge in [0.25, 0.3) is 0 Å². The molecule has 0 aliphatic carbocycles. The summed E-state index contributed by atoms with van der Waals surface area (Å²) < 4.78 is 5.98. The maximum Gasteiger partial charge on any atom is 0.335 e. The number of carboxylic acids is 1. The molecule has 4 nitrogen and oxygen atoms in total. The fourth-order valence-electron chi connectivity index (χ4n) is 2.83. The zero-order valence-corrected chi connectivity index (χ0v) is 15.5. The highest BCUT2D eigenvalue weighted by atomic mass is 16.5. The van der Waals surface area contributed by atoms with Crippen LogP contribution in [0.5, 0.6) is 5.75 Å². The summed E-state index contributed by atoms with van der Waals surface area (Å²) in [5.41, 5.74) is 5.90. The van der Waals surface area contributed by atoms with Crippen molar-refractivity contribution in [2.75, 3.05) is 5.32 Å². The fourth-order valence-corrected chi connectivity index (χ4v) is 2.83. The molecule has 0 unspecified atom stereocenters. The molecule has 27 heavy (non-hydrogen) atoms. The normalized spacial score (nSPS) is 10.4. The molecule has 3 rings (SSSR count). The van der Waals surface area contributed by atoms with Gasteiger partial charge in [0.15, 0.2) is 0 Å². The molecule has 0 bridgehead atoms. The number of para-hydroxylation sites is 1. The van der Waals surface area contributed by atoms with Crippen molar-refractivity contribution in [1.29, 1.82) is 0 Å². The minimum absolute atomic E-state index is 0.275. The number of nitrogens with one attached hydrogen (secondary N) is 1. The second kappa shape index (κ2) is 8.41. The number of hydrogen-bond acceptors (Lipinski definition) is 3. The Balaban J connectivity index is 1.66. The topological polar surface area (TPSA) is 58.6 Å². The first kappa shape index (κ1) is 18.5. The van der Waals surface area contributed by atoms with E-state index in [4.69, 9.17) is 9.84 Å². The maximum atomic E-state index is 10.9. The Hall–Kier alpha value is -3.27. The molecule has 0 spiro atoms.